The van der Waals surface area contributed by atoms with Gasteiger partial charge in [-0.05, 0) is 13.3 Å². The summed E-state index contributed by atoms with van der Waals surface area (Å²) in [5.41, 5.74) is 0. The van der Waals surface area contributed by atoms with E-state index in [1.165, 1.54) is 0 Å². The molecule has 0 heterocycles. The van der Waals surface area contributed by atoms with Crippen LogP contribution in [0.3, 0.4) is 0 Å². The fourth-order valence-electron chi connectivity index (χ4n) is 0.696. The number of hydrogen-bond acceptors (Lipinski definition) is 3. The molecule has 0 fully saturated rings. The highest BCUT2D eigenvalue weighted by Gasteiger charge is 2.17. The van der Waals surface area contributed by atoms with Crippen molar-refractivity contribution in [2.45, 2.75) is 19.8 Å². The minimum atomic E-state index is -3.51. The van der Waals surface area contributed by atoms with Gasteiger partial charge in [0.15, 0.2) is 0 Å². The third kappa shape index (κ3) is 6.34. The fourth-order valence-corrected chi connectivity index (χ4v) is 1.79. The highest BCUT2D eigenvalue weighted by Crippen LogP contribution is 2.42. The average molecular weight is 196 g/mol. The predicted molar refractivity (Wildman–Crippen MR) is 43.2 cm³/mol. The molecular weight excluding hydrogens is 183 g/mol. The van der Waals surface area contributed by atoms with Crippen LogP contribution in [0.1, 0.15) is 19.8 Å². The normalized spacial score (nSPS) is 15.5. The van der Waals surface area contributed by atoms with E-state index in [1.807, 2.05) is 0 Å². The average Bonchev–Trinajstić information content (AvgIpc) is 1.85. The molecular formula is C6H13O5P. The molecule has 72 valence electrons. The van der Waals surface area contributed by atoms with E-state index in [2.05, 4.69) is 4.52 Å². The second kappa shape index (κ2) is 5.30. The molecule has 0 saturated heterocycles. The van der Waals surface area contributed by atoms with Crippen LogP contribution in [0, 0.1) is 0 Å². The van der Waals surface area contributed by atoms with Crippen LogP contribution >= 0.6 is 7.60 Å². The maximum absolute atomic E-state index is 10.9. The summed E-state index contributed by atoms with van der Waals surface area (Å²) in [7, 11) is -3.51. The van der Waals surface area contributed by atoms with Crippen molar-refractivity contribution in [2.24, 2.45) is 0 Å². The standard InChI is InChI=1S/C6H13O5P/c1-2-11-12(9,10)5-3-4-6(7)8/h2-5H2,1H3,(H,7,8)(H,9,10). The molecule has 2 N–H and O–H groups in total. The van der Waals surface area contributed by atoms with E-state index in [9.17, 15) is 9.36 Å². The molecule has 0 aliphatic heterocycles. The lowest BCUT2D eigenvalue weighted by Gasteiger charge is -2.08. The summed E-state index contributed by atoms with van der Waals surface area (Å²) in [5.74, 6) is -0.966. The third-order valence-corrected chi connectivity index (χ3v) is 2.71. The van der Waals surface area contributed by atoms with Crippen molar-refractivity contribution in [1.82, 2.24) is 0 Å². The van der Waals surface area contributed by atoms with Crippen LogP contribution in [-0.4, -0.2) is 28.7 Å². The second-order valence-electron chi connectivity index (χ2n) is 2.28. The smallest absolute Gasteiger partial charge is 0.328 e. The first kappa shape index (κ1) is 11.6. The van der Waals surface area contributed by atoms with Crippen LogP contribution in [-0.2, 0) is 13.9 Å². The Bertz CT molecular complexity index is 190. The topological polar surface area (TPSA) is 83.8 Å². The molecule has 0 aromatic heterocycles. The molecule has 0 amide bonds. The van der Waals surface area contributed by atoms with E-state index in [0.717, 1.165) is 0 Å². The molecule has 1 unspecified atom stereocenters. The highest BCUT2D eigenvalue weighted by molar-refractivity contribution is 7.52. The molecule has 0 aliphatic carbocycles. The number of aliphatic carboxylic acids is 1. The van der Waals surface area contributed by atoms with Gasteiger partial charge >= 0.3 is 13.6 Å². The van der Waals surface area contributed by atoms with Crippen LogP contribution in [0.2, 0.25) is 0 Å². The first-order chi connectivity index (χ1) is 5.48. The molecule has 5 nitrogen and oxygen atoms in total. The van der Waals surface area contributed by atoms with Crippen molar-refractivity contribution in [3.05, 3.63) is 0 Å². The molecule has 0 aromatic carbocycles. The van der Waals surface area contributed by atoms with Crippen molar-refractivity contribution in [2.75, 3.05) is 12.8 Å². The summed E-state index contributed by atoms with van der Waals surface area (Å²) in [5, 5.41) is 8.23. The molecule has 0 spiro atoms. The number of rotatable bonds is 6. The van der Waals surface area contributed by atoms with E-state index in [-0.39, 0.29) is 25.6 Å². The Kier molecular flexibility index (Phi) is 5.13. The maximum atomic E-state index is 10.9. The lowest BCUT2D eigenvalue weighted by atomic mass is 10.3. The SMILES string of the molecule is CCOP(=O)(O)CCCC(=O)O. The number of carboxylic acids is 1. The fraction of sp³-hybridized carbons (Fsp3) is 0.833. The number of hydrogen-bond donors (Lipinski definition) is 2. The summed E-state index contributed by atoms with van der Waals surface area (Å²) in [4.78, 5) is 19.0. The van der Waals surface area contributed by atoms with Crippen molar-refractivity contribution in [3.8, 4) is 0 Å². The molecule has 0 aromatic rings. The van der Waals surface area contributed by atoms with E-state index < -0.39 is 13.6 Å². The van der Waals surface area contributed by atoms with Crippen molar-refractivity contribution in [3.63, 3.8) is 0 Å². The van der Waals surface area contributed by atoms with E-state index >= 15 is 0 Å². The van der Waals surface area contributed by atoms with Crippen molar-refractivity contribution in [1.29, 1.82) is 0 Å². The van der Waals surface area contributed by atoms with Crippen molar-refractivity contribution >= 4 is 13.6 Å². The first-order valence-electron chi connectivity index (χ1n) is 3.66. The molecule has 0 aliphatic rings. The molecule has 0 radical (unpaired) electrons. The number of carbonyl (C=O) groups is 1. The van der Waals surface area contributed by atoms with E-state index in [0.29, 0.717) is 0 Å². The van der Waals surface area contributed by atoms with Gasteiger partial charge in [-0.1, -0.05) is 0 Å². The Balaban J connectivity index is 3.61. The van der Waals surface area contributed by atoms with Gasteiger partial charge in [0.05, 0.1) is 12.8 Å². The summed E-state index contributed by atoms with van der Waals surface area (Å²) < 4.78 is 15.5. The van der Waals surface area contributed by atoms with Gasteiger partial charge in [-0.25, -0.2) is 0 Å². The Hall–Kier alpha value is -0.380. The lowest BCUT2D eigenvalue weighted by Crippen LogP contribution is -1.99. The van der Waals surface area contributed by atoms with Crippen LogP contribution in [0.15, 0.2) is 0 Å². The van der Waals surface area contributed by atoms with E-state index in [4.69, 9.17) is 10.00 Å². The summed E-state index contributed by atoms with van der Waals surface area (Å²) in [6, 6.07) is 0. The lowest BCUT2D eigenvalue weighted by molar-refractivity contribution is -0.137. The van der Waals surface area contributed by atoms with Crippen LogP contribution in [0.4, 0.5) is 0 Å². The second-order valence-corrected chi connectivity index (χ2v) is 4.26. The largest absolute Gasteiger partial charge is 0.481 e. The van der Waals surface area contributed by atoms with Crippen LogP contribution in [0.5, 0.6) is 0 Å². The zero-order valence-corrected chi connectivity index (χ0v) is 7.79. The van der Waals surface area contributed by atoms with Crippen LogP contribution in [0.25, 0.3) is 0 Å². The zero-order chi connectivity index (χ0) is 9.61. The van der Waals surface area contributed by atoms with Gasteiger partial charge in [-0.15, -0.1) is 0 Å². The van der Waals surface area contributed by atoms with Gasteiger partial charge in [0.25, 0.3) is 0 Å². The van der Waals surface area contributed by atoms with Gasteiger partial charge in [0.2, 0.25) is 0 Å². The third-order valence-electron chi connectivity index (χ3n) is 1.16. The highest BCUT2D eigenvalue weighted by atomic mass is 31.2. The Morgan fingerprint density at radius 1 is 1.58 bits per heavy atom. The first-order valence-corrected chi connectivity index (χ1v) is 5.42. The maximum Gasteiger partial charge on any atom is 0.328 e. The Morgan fingerprint density at radius 2 is 2.17 bits per heavy atom. The monoisotopic (exact) mass is 196 g/mol. The van der Waals surface area contributed by atoms with Crippen molar-refractivity contribution < 1.29 is 23.9 Å². The minimum Gasteiger partial charge on any atom is -0.481 e. The van der Waals surface area contributed by atoms with Gasteiger partial charge in [0, 0.05) is 6.42 Å². The predicted octanol–water partition coefficient (Wildman–Crippen LogP) is 1.07. The summed E-state index contributed by atoms with van der Waals surface area (Å²) in [6.45, 7) is 1.78. The molecule has 0 saturated carbocycles. The minimum absolute atomic E-state index is 0.0901. The van der Waals surface area contributed by atoms with Gasteiger partial charge in [-0.3, -0.25) is 9.36 Å². The molecule has 6 heteroatoms. The Labute approximate surface area is 70.9 Å². The van der Waals surface area contributed by atoms with Gasteiger partial charge < -0.3 is 14.5 Å². The molecule has 12 heavy (non-hydrogen) atoms. The quantitative estimate of drug-likeness (QED) is 0.621. The molecule has 0 bridgehead atoms. The van der Waals surface area contributed by atoms with Crippen LogP contribution < -0.4 is 0 Å². The summed E-state index contributed by atoms with van der Waals surface area (Å²) >= 11 is 0. The number of carboxylic acid groups (broad SMARTS) is 1. The van der Waals surface area contributed by atoms with Gasteiger partial charge in [-0.2, -0.15) is 0 Å². The summed E-state index contributed by atoms with van der Waals surface area (Å²) in [6.07, 6.45) is -0.0200. The van der Waals surface area contributed by atoms with Gasteiger partial charge in [0.1, 0.15) is 0 Å². The zero-order valence-electron chi connectivity index (χ0n) is 6.89. The Morgan fingerprint density at radius 3 is 2.58 bits per heavy atom. The molecule has 0 rings (SSSR count). The van der Waals surface area contributed by atoms with E-state index in [1.54, 1.807) is 6.92 Å². The molecule has 1 atom stereocenters.